The topological polar surface area (TPSA) is 0 Å². The van der Waals surface area contributed by atoms with Crippen molar-refractivity contribution in [1.82, 2.24) is 0 Å². The average molecular weight is 593 g/mol. The van der Waals surface area contributed by atoms with Crippen LogP contribution in [-0.4, -0.2) is 0 Å². The molecule has 6 aromatic carbocycles. The van der Waals surface area contributed by atoms with Crippen LogP contribution in [-0.2, 0) is 10.8 Å². The van der Waals surface area contributed by atoms with Gasteiger partial charge in [0.15, 0.2) is 0 Å². The molecule has 0 heteroatoms. The van der Waals surface area contributed by atoms with Gasteiger partial charge in [-0.15, -0.1) is 0 Å². The van der Waals surface area contributed by atoms with Gasteiger partial charge in [0.05, 0.1) is 0 Å². The molecule has 0 nitrogen and oxygen atoms in total. The van der Waals surface area contributed by atoms with Gasteiger partial charge in [-0.3, -0.25) is 0 Å². The van der Waals surface area contributed by atoms with Crippen molar-refractivity contribution < 1.29 is 0 Å². The summed E-state index contributed by atoms with van der Waals surface area (Å²) in [6.45, 7) is 14.4. The highest BCUT2D eigenvalue weighted by atomic mass is 14.5. The zero-order valence-corrected chi connectivity index (χ0v) is 27.8. The maximum absolute atomic E-state index is 2.57. The van der Waals surface area contributed by atoms with E-state index in [0.29, 0.717) is 5.92 Å². The molecule has 1 atom stereocenters. The van der Waals surface area contributed by atoms with Crippen LogP contribution in [0.25, 0.3) is 56.3 Å². The quantitative estimate of drug-likeness (QED) is 0.188. The van der Waals surface area contributed by atoms with Crippen LogP contribution in [0.3, 0.4) is 0 Å². The van der Waals surface area contributed by atoms with Gasteiger partial charge in [-0.25, -0.2) is 0 Å². The van der Waals surface area contributed by atoms with Gasteiger partial charge in [0.25, 0.3) is 0 Å². The Balaban J connectivity index is 1.17. The van der Waals surface area contributed by atoms with Gasteiger partial charge >= 0.3 is 0 Å². The van der Waals surface area contributed by atoms with Crippen LogP contribution < -0.4 is 10.4 Å². The summed E-state index contributed by atoms with van der Waals surface area (Å²) in [6.07, 6.45) is 5.96. The van der Waals surface area contributed by atoms with Gasteiger partial charge in [0.2, 0.25) is 0 Å². The van der Waals surface area contributed by atoms with Gasteiger partial charge in [0, 0.05) is 16.7 Å². The summed E-state index contributed by atoms with van der Waals surface area (Å²) in [4.78, 5) is 0. The molecular weight excluding hydrogens is 553 g/mol. The van der Waals surface area contributed by atoms with E-state index in [1.54, 1.807) is 0 Å². The number of aryl methyl sites for hydroxylation is 2. The highest BCUT2D eigenvalue weighted by Gasteiger charge is 2.43. The predicted octanol–water partition coefficient (Wildman–Crippen LogP) is 10.5. The van der Waals surface area contributed by atoms with Crippen molar-refractivity contribution in [3.05, 3.63) is 153 Å². The normalized spacial score (nSPS) is 17.7. The van der Waals surface area contributed by atoms with E-state index in [1.807, 2.05) is 0 Å². The smallest absolute Gasteiger partial charge is 0.0159 e. The van der Waals surface area contributed by atoms with Gasteiger partial charge < -0.3 is 0 Å². The largest absolute Gasteiger partial charge is 0.0758 e. The minimum absolute atomic E-state index is 0.0669. The number of benzene rings is 6. The molecule has 0 saturated carbocycles. The van der Waals surface area contributed by atoms with E-state index in [4.69, 9.17) is 0 Å². The molecule has 9 rings (SSSR count). The zero-order valence-electron chi connectivity index (χ0n) is 27.8. The average Bonchev–Trinajstić information content (AvgIpc) is 3.42. The second-order valence-corrected chi connectivity index (χ2v) is 15.1. The van der Waals surface area contributed by atoms with Crippen molar-refractivity contribution in [1.29, 1.82) is 0 Å². The molecule has 0 heterocycles. The lowest BCUT2D eigenvalue weighted by molar-refractivity contribution is 0.651. The van der Waals surface area contributed by atoms with Crippen LogP contribution in [0.15, 0.2) is 103 Å². The number of fused-ring (bicyclic) bond motifs is 8. The van der Waals surface area contributed by atoms with E-state index in [-0.39, 0.29) is 10.8 Å². The lowest BCUT2D eigenvalue weighted by Gasteiger charge is -2.25. The Morgan fingerprint density at radius 3 is 1.85 bits per heavy atom. The highest BCUT2D eigenvalue weighted by Crippen LogP contribution is 2.58. The van der Waals surface area contributed by atoms with Crippen molar-refractivity contribution in [2.24, 2.45) is 0 Å². The van der Waals surface area contributed by atoms with E-state index in [9.17, 15) is 0 Å². The fourth-order valence-electron chi connectivity index (χ4n) is 9.01. The third-order valence-electron chi connectivity index (χ3n) is 11.6. The first-order valence-corrected chi connectivity index (χ1v) is 16.9. The van der Waals surface area contributed by atoms with Crippen LogP contribution in [0.5, 0.6) is 0 Å². The molecule has 1 unspecified atom stereocenters. The Kier molecular flexibility index (Phi) is 5.66. The van der Waals surface area contributed by atoms with E-state index in [0.717, 1.165) is 6.42 Å². The Hall–Kier alpha value is -4.68. The van der Waals surface area contributed by atoms with Crippen LogP contribution in [0.2, 0.25) is 0 Å². The van der Waals surface area contributed by atoms with Crippen molar-refractivity contribution in [3.63, 3.8) is 0 Å². The Morgan fingerprint density at radius 1 is 0.522 bits per heavy atom. The van der Waals surface area contributed by atoms with E-state index in [1.165, 1.54) is 93.5 Å². The van der Waals surface area contributed by atoms with Crippen LogP contribution in [0.4, 0.5) is 0 Å². The van der Waals surface area contributed by atoms with Crippen molar-refractivity contribution in [2.45, 2.75) is 64.7 Å². The minimum atomic E-state index is -0.0850. The molecule has 3 aliphatic carbocycles. The maximum Gasteiger partial charge on any atom is 0.0159 e. The van der Waals surface area contributed by atoms with E-state index >= 15 is 0 Å². The molecule has 0 aromatic heterocycles. The SMILES string of the molecule is Cc1cc(-c2ccc3ccccc3c2)cc2c1-c1cc3c(cc1C2(C)C)-c1c(C)cc(C2C=c4ccccc4=CC2)cc1C3(C)C. The Morgan fingerprint density at radius 2 is 1.13 bits per heavy atom. The first-order valence-electron chi connectivity index (χ1n) is 16.9. The van der Waals surface area contributed by atoms with Gasteiger partial charge in [-0.05, 0) is 138 Å². The monoisotopic (exact) mass is 592 g/mol. The lowest BCUT2D eigenvalue weighted by Crippen LogP contribution is -2.27. The van der Waals surface area contributed by atoms with Crippen LogP contribution >= 0.6 is 0 Å². The first-order chi connectivity index (χ1) is 22.1. The summed E-state index contributed by atoms with van der Waals surface area (Å²) < 4.78 is 0. The standard InChI is InChI=1S/C46H40/c1-27-19-35(33-17-15-29-11-7-9-13-31(29)21-33)23-41-43(27)37-25-40-38(26-39(37)45(41,3)4)44-28(2)20-36(24-42(44)46(40,5)6)34-18-16-30-12-8-10-14-32(30)22-34/h7-17,19-26,34H,18H2,1-6H3. The van der Waals surface area contributed by atoms with Crippen molar-refractivity contribution in [2.75, 3.05) is 0 Å². The van der Waals surface area contributed by atoms with Crippen LogP contribution in [0.1, 0.15) is 79.0 Å². The molecule has 6 aromatic rings. The molecule has 0 bridgehead atoms. The fraction of sp³-hybridized carbons (Fsp3) is 0.217. The molecule has 0 amide bonds. The second kappa shape index (κ2) is 9.43. The summed E-state index contributed by atoms with van der Waals surface area (Å²) in [5.74, 6) is 0.411. The molecule has 0 N–H and O–H groups in total. The van der Waals surface area contributed by atoms with Gasteiger partial charge in [-0.2, -0.15) is 0 Å². The fourth-order valence-corrected chi connectivity index (χ4v) is 9.01. The summed E-state index contributed by atoms with van der Waals surface area (Å²) in [5, 5.41) is 5.30. The Bertz CT molecular complexity index is 2410. The second-order valence-electron chi connectivity index (χ2n) is 15.1. The predicted molar refractivity (Wildman–Crippen MR) is 196 cm³/mol. The molecule has 0 radical (unpaired) electrons. The van der Waals surface area contributed by atoms with Gasteiger partial charge in [0.1, 0.15) is 0 Å². The summed E-state index contributed by atoms with van der Waals surface area (Å²) in [6, 6.07) is 39.4. The molecule has 46 heavy (non-hydrogen) atoms. The van der Waals surface area contributed by atoms with Crippen LogP contribution in [0, 0.1) is 13.8 Å². The third-order valence-corrected chi connectivity index (χ3v) is 11.6. The number of hydrogen-bond donors (Lipinski definition) is 0. The van der Waals surface area contributed by atoms with Gasteiger partial charge in [-0.1, -0.05) is 119 Å². The maximum atomic E-state index is 2.57. The number of rotatable bonds is 2. The van der Waals surface area contributed by atoms with Crippen molar-refractivity contribution >= 4 is 22.9 Å². The molecule has 224 valence electrons. The number of hydrogen-bond acceptors (Lipinski definition) is 0. The minimum Gasteiger partial charge on any atom is -0.0758 e. The molecular formula is C46H40. The molecule has 0 fully saturated rings. The lowest BCUT2D eigenvalue weighted by atomic mass is 9.78. The third kappa shape index (κ3) is 3.80. The molecule has 0 aliphatic heterocycles. The van der Waals surface area contributed by atoms with E-state index in [2.05, 4.69) is 157 Å². The molecule has 3 aliphatic rings. The first kappa shape index (κ1) is 27.6. The summed E-state index contributed by atoms with van der Waals surface area (Å²) in [5.41, 5.74) is 18.2. The van der Waals surface area contributed by atoms with Crippen molar-refractivity contribution in [3.8, 4) is 33.4 Å². The summed E-state index contributed by atoms with van der Waals surface area (Å²) in [7, 11) is 0. The molecule has 0 saturated heterocycles. The Labute approximate surface area is 272 Å². The zero-order chi connectivity index (χ0) is 31.5. The van der Waals surface area contributed by atoms with E-state index < -0.39 is 0 Å². The molecule has 0 spiro atoms. The highest BCUT2D eigenvalue weighted by molar-refractivity contribution is 5.94. The summed E-state index contributed by atoms with van der Waals surface area (Å²) >= 11 is 0.